The molecule has 0 saturated carbocycles. The van der Waals surface area contributed by atoms with Crippen LogP contribution >= 0.6 is 23.2 Å². The Morgan fingerprint density at radius 3 is 2.11 bits per heavy atom. The lowest BCUT2D eigenvalue weighted by atomic mass is 10.0. The van der Waals surface area contributed by atoms with E-state index in [9.17, 15) is 18.0 Å². The molecule has 0 saturated heterocycles. The highest BCUT2D eigenvalue weighted by molar-refractivity contribution is 7.92. The van der Waals surface area contributed by atoms with E-state index in [1.165, 1.54) is 42.3 Å². The third kappa shape index (κ3) is 8.60. The van der Waals surface area contributed by atoms with Crippen LogP contribution in [0.1, 0.15) is 31.4 Å². The van der Waals surface area contributed by atoms with Crippen LogP contribution < -0.4 is 14.4 Å². The fourth-order valence-electron chi connectivity index (χ4n) is 4.86. The minimum atomic E-state index is -4.27. The average molecular weight is 683 g/mol. The molecule has 0 radical (unpaired) electrons. The van der Waals surface area contributed by atoms with Crippen LogP contribution in [0.4, 0.5) is 5.69 Å². The van der Waals surface area contributed by atoms with Crippen molar-refractivity contribution in [1.82, 2.24) is 10.2 Å². The number of hydrogen-bond donors (Lipinski definition) is 1. The van der Waals surface area contributed by atoms with Crippen molar-refractivity contribution in [2.75, 3.05) is 18.0 Å². The van der Waals surface area contributed by atoms with Gasteiger partial charge < -0.3 is 15.0 Å². The van der Waals surface area contributed by atoms with E-state index in [1.54, 1.807) is 42.5 Å². The van der Waals surface area contributed by atoms with Gasteiger partial charge in [-0.15, -0.1) is 0 Å². The molecule has 2 amide bonds. The fourth-order valence-corrected chi connectivity index (χ4v) is 6.74. The van der Waals surface area contributed by atoms with Crippen LogP contribution in [0.25, 0.3) is 0 Å². The van der Waals surface area contributed by atoms with E-state index in [1.807, 2.05) is 44.2 Å². The monoisotopic (exact) mass is 681 g/mol. The zero-order chi connectivity index (χ0) is 33.3. The van der Waals surface area contributed by atoms with Crippen LogP contribution in [0.15, 0.2) is 108 Å². The number of halogens is 2. The molecule has 0 spiro atoms. The first-order valence-corrected chi connectivity index (χ1v) is 17.0. The molecule has 4 rings (SSSR count). The molecule has 0 aliphatic carbocycles. The Morgan fingerprint density at radius 1 is 0.870 bits per heavy atom. The van der Waals surface area contributed by atoms with Crippen LogP contribution in [0.5, 0.6) is 5.75 Å². The molecule has 4 aromatic rings. The summed E-state index contributed by atoms with van der Waals surface area (Å²) in [7, 11) is -2.82. The minimum absolute atomic E-state index is 0.0113. The van der Waals surface area contributed by atoms with Gasteiger partial charge in [-0.1, -0.05) is 96.9 Å². The third-order valence-electron chi connectivity index (χ3n) is 7.60. The lowest BCUT2D eigenvalue weighted by Crippen LogP contribution is -2.54. The van der Waals surface area contributed by atoms with Crippen molar-refractivity contribution in [2.24, 2.45) is 0 Å². The summed E-state index contributed by atoms with van der Waals surface area (Å²) in [5, 5.41) is 3.60. The number of amides is 2. The van der Waals surface area contributed by atoms with Gasteiger partial charge in [0.15, 0.2) is 0 Å². The Bertz CT molecular complexity index is 1740. The fraction of sp³-hybridized carbons (Fsp3) is 0.257. The molecule has 4 aromatic carbocycles. The number of carbonyl (C=O) groups excluding carboxylic acids is 2. The van der Waals surface area contributed by atoms with Gasteiger partial charge in [0.2, 0.25) is 11.8 Å². The van der Waals surface area contributed by atoms with E-state index in [0.29, 0.717) is 22.8 Å². The van der Waals surface area contributed by atoms with Gasteiger partial charge in [0.25, 0.3) is 10.0 Å². The molecule has 11 heteroatoms. The number of nitrogens with zero attached hydrogens (tertiary/aromatic N) is 2. The second-order valence-corrected chi connectivity index (χ2v) is 13.5. The van der Waals surface area contributed by atoms with Gasteiger partial charge in [-0.05, 0) is 60.9 Å². The minimum Gasteiger partial charge on any atom is -0.495 e. The predicted molar refractivity (Wildman–Crippen MR) is 183 cm³/mol. The van der Waals surface area contributed by atoms with Crippen molar-refractivity contribution < 1.29 is 22.7 Å². The summed E-state index contributed by atoms with van der Waals surface area (Å²) in [5.74, 6) is -0.617. The molecule has 0 aliphatic rings. The number of carbonyl (C=O) groups is 2. The van der Waals surface area contributed by atoms with E-state index in [2.05, 4.69) is 5.32 Å². The SMILES string of the molecule is CC[C@H](C)NC(=O)[C@H](Cc1ccccc1)N(Cc1ccccc1Cl)C(=O)CN(c1ccc(OC)c(Cl)c1)S(=O)(=O)c1ccccc1. The molecule has 0 aliphatic heterocycles. The van der Waals surface area contributed by atoms with Gasteiger partial charge in [-0.3, -0.25) is 13.9 Å². The molecular weight excluding hydrogens is 645 g/mol. The van der Waals surface area contributed by atoms with E-state index < -0.39 is 28.5 Å². The van der Waals surface area contributed by atoms with Crippen LogP contribution in [0.2, 0.25) is 10.0 Å². The Hall–Kier alpha value is -4.05. The van der Waals surface area contributed by atoms with Gasteiger partial charge in [0.05, 0.1) is 22.7 Å². The smallest absolute Gasteiger partial charge is 0.264 e. The van der Waals surface area contributed by atoms with E-state index in [0.717, 1.165) is 9.87 Å². The van der Waals surface area contributed by atoms with Crippen molar-refractivity contribution in [3.63, 3.8) is 0 Å². The first-order valence-electron chi connectivity index (χ1n) is 14.8. The summed E-state index contributed by atoms with van der Waals surface area (Å²) in [6.45, 7) is 3.19. The maximum Gasteiger partial charge on any atom is 0.264 e. The number of methoxy groups -OCH3 is 1. The van der Waals surface area contributed by atoms with Crippen molar-refractivity contribution in [3.05, 3.63) is 124 Å². The normalized spacial score (nSPS) is 12.5. The summed E-state index contributed by atoms with van der Waals surface area (Å²) in [6, 6.07) is 27.6. The molecule has 1 N–H and O–H groups in total. The Morgan fingerprint density at radius 2 is 1.50 bits per heavy atom. The van der Waals surface area contributed by atoms with E-state index >= 15 is 0 Å². The Kier molecular flexibility index (Phi) is 12.1. The highest BCUT2D eigenvalue weighted by atomic mass is 35.5. The molecule has 8 nitrogen and oxygen atoms in total. The summed E-state index contributed by atoms with van der Waals surface area (Å²) in [6.07, 6.45) is 0.878. The van der Waals surface area contributed by atoms with Gasteiger partial charge >= 0.3 is 0 Å². The second kappa shape index (κ2) is 16.0. The summed E-state index contributed by atoms with van der Waals surface area (Å²) >= 11 is 13.0. The van der Waals surface area contributed by atoms with Crippen LogP contribution in [-0.2, 0) is 32.6 Å². The van der Waals surface area contributed by atoms with Gasteiger partial charge in [-0.2, -0.15) is 0 Å². The molecule has 242 valence electrons. The lowest BCUT2D eigenvalue weighted by molar-refractivity contribution is -0.140. The summed E-state index contributed by atoms with van der Waals surface area (Å²) in [5.41, 5.74) is 1.60. The second-order valence-electron chi connectivity index (χ2n) is 10.8. The summed E-state index contributed by atoms with van der Waals surface area (Å²) in [4.78, 5) is 29.9. The highest BCUT2D eigenvalue weighted by Crippen LogP contribution is 2.32. The zero-order valence-electron chi connectivity index (χ0n) is 25.9. The standard InChI is InChI=1S/C35H37Cl2N3O5S/c1-4-25(2)38-35(42)32(21-26-13-7-5-8-14-26)39(23-27-15-11-12-18-30(27)36)34(41)24-40(28-19-20-33(45-3)31(37)22-28)46(43,44)29-16-9-6-10-17-29/h5-20,22,25,32H,4,21,23-24H2,1-3H3,(H,38,42)/t25-,32-/m0/s1. The predicted octanol–water partition coefficient (Wildman–Crippen LogP) is 6.75. The molecule has 2 atom stereocenters. The van der Waals surface area contributed by atoms with Crippen LogP contribution in [-0.4, -0.2) is 50.9 Å². The van der Waals surface area contributed by atoms with Crippen LogP contribution in [0, 0.1) is 0 Å². The number of sulfonamides is 1. The maximum absolute atomic E-state index is 14.6. The summed E-state index contributed by atoms with van der Waals surface area (Å²) < 4.78 is 34.5. The van der Waals surface area contributed by atoms with Gasteiger partial charge in [0, 0.05) is 24.0 Å². The highest BCUT2D eigenvalue weighted by Gasteiger charge is 2.35. The maximum atomic E-state index is 14.6. The largest absolute Gasteiger partial charge is 0.495 e. The number of benzene rings is 4. The van der Waals surface area contributed by atoms with Crippen LogP contribution in [0.3, 0.4) is 0 Å². The first kappa shape index (κ1) is 34.8. The molecule has 0 unspecified atom stereocenters. The van der Waals surface area contributed by atoms with E-state index in [4.69, 9.17) is 27.9 Å². The van der Waals surface area contributed by atoms with Crippen molar-refractivity contribution in [3.8, 4) is 5.75 Å². The lowest BCUT2D eigenvalue weighted by Gasteiger charge is -2.34. The number of rotatable bonds is 14. The molecule has 46 heavy (non-hydrogen) atoms. The van der Waals surface area contributed by atoms with E-state index in [-0.39, 0.29) is 40.5 Å². The first-order chi connectivity index (χ1) is 22.0. The molecule has 0 bridgehead atoms. The van der Waals surface area contributed by atoms with Crippen molar-refractivity contribution in [1.29, 1.82) is 0 Å². The zero-order valence-corrected chi connectivity index (χ0v) is 28.2. The van der Waals surface area contributed by atoms with Crippen molar-refractivity contribution in [2.45, 2.75) is 50.2 Å². The molecule has 0 aromatic heterocycles. The van der Waals surface area contributed by atoms with Crippen molar-refractivity contribution >= 4 is 50.7 Å². The number of nitrogens with one attached hydrogen (secondary N) is 1. The molecule has 0 heterocycles. The van der Waals surface area contributed by atoms with Gasteiger partial charge in [-0.25, -0.2) is 8.42 Å². The number of hydrogen-bond acceptors (Lipinski definition) is 5. The Labute approximate surface area is 280 Å². The van der Waals surface area contributed by atoms with Gasteiger partial charge in [0.1, 0.15) is 18.3 Å². The molecular formula is C35H37Cl2N3O5S. The quantitative estimate of drug-likeness (QED) is 0.159. The number of anilines is 1. The number of ether oxygens (including phenoxy) is 1. The Balaban J connectivity index is 1.83. The molecule has 0 fully saturated rings. The topological polar surface area (TPSA) is 96.0 Å². The third-order valence-corrected chi connectivity index (χ3v) is 10.1. The average Bonchev–Trinajstić information content (AvgIpc) is 3.06.